The van der Waals surface area contributed by atoms with Crippen LogP contribution in [-0.4, -0.2) is 31.1 Å². The van der Waals surface area contributed by atoms with Crippen molar-refractivity contribution >= 4 is 0 Å². The molecule has 0 saturated carbocycles. The monoisotopic (exact) mass is 262 g/mol. The fourth-order valence-electron chi connectivity index (χ4n) is 2.73. The van der Waals surface area contributed by atoms with Crippen LogP contribution in [0.25, 0.3) is 0 Å². The van der Waals surface area contributed by atoms with Gasteiger partial charge in [0.15, 0.2) is 0 Å². The van der Waals surface area contributed by atoms with Crippen molar-refractivity contribution < 1.29 is 4.39 Å². The van der Waals surface area contributed by atoms with Gasteiger partial charge in [-0.1, -0.05) is 11.6 Å². The van der Waals surface area contributed by atoms with E-state index in [1.54, 1.807) is 6.07 Å². The first-order chi connectivity index (χ1) is 9.08. The molecule has 0 unspecified atom stereocenters. The molecule has 1 aromatic carbocycles. The molecule has 1 atom stereocenters. The molecule has 0 radical (unpaired) electrons. The zero-order valence-corrected chi connectivity index (χ0v) is 11.9. The minimum absolute atomic E-state index is 0.151. The van der Waals surface area contributed by atoms with Gasteiger partial charge in [0, 0.05) is 32.2 Å². The molecule has 104 valence electrons. The number of halogens is 1. The third kappa shape index (κ3) is 3.64. The number of hydrogen-bond donors (Lipinski definition) is 1. The van der Waals surface area contributed by atoms with Gasteiger partial charge in [-0.3, -0.25) is 4.90 Å². The van der Waals surface area contributed by atoms with Crippen molar-refractivity contribution in [3.8, 4) is 0 Å². The molecule has 0 bridgehead atoms. The lowest BCUT2D eigenvalue weighted by molar-refractivity contribution is 0.171. The maximum Gasteiger partial charge on any atom is 0.123 e. The van der Waals surface area contributed by atoms with Gasteiger partial charge in [0.1, 0.15) is 5.82 Å². The van der Waals surface area contributed by atoms with Crippen LogP contribution in [-0.2, 0) is 0 Å². The number of nitrogens with zero attached hydrogens (tertiary/aromatic N) is 1. The zero-order chi connectivity index (χ0) is 13.8. The summed E-state index contributed by atoms with van der Waals surface area (Å²) >= 11 is 0. The Labute approximate surface area is 115 Å². The Balaban J connectivity index is 2.29. The van der Waals surface area contributed by atoms with Gasteiger partial charge in [0.2, 0.25) is 0 Å². The quantitative estimate of drug-likeness (QED) is 0.839. The number of aryl methyl sites for hydroxylation is 1. The number of piperazine rings is 1. The van der Waals surface area contributed by atoms with Gasteiger partial charge in [-0.15, -0.1) is 6.58 Å². The van der Waals surface area contributed by atoms with Crippen LogP contribution < -0.4 is 5.32 Å². The van der Waals surface area contributed by atoms with Crippen molar-refractivity contribution in [2.75, 3.05) is 26.2 Å². The third-order valence-electron chi connectivity index (χ3n) is 3.73. The Morgan fingerprint density at radius 2 is 2.11 bits per heavy atom. The van der Waals surface area contributed by atoms with Crippen molar-refractivity contribution in [1.29, 1.82) is 0 Å². The molecule has 19 heavy (non-hydrogen) atoms. The Hall–Kier alpha value is -1.19. The summed E-state index contributed by atoms with van der Waals surface area (Å²) in [7, 11) is 0. The minimum atomic E-state index is -0.151. The van der Waals surface area contributed by atoms with Crippen LogP contribution >= 0.6 is 0 Å². The molecule has 1 heterocycles. The normalized spacial score (nSPS) is 18.3. The molecule has 1 aromatic rings. The first-order valence-corrected chi connectivity index (χ1v) is 6.93. The number of rotatable bonds is 4. The van der Waals surface area contributed by atoms with Crippen molar-refractivity contribution in [2.45, 2.75) is 26.3 Å². The molecule has 1 aliphatic rings. The van der Waals surface area contributed by atoms with Crippen molar-refractivity contribution in [2.24, 2.45) is 0 Å². The van der Waals surface area contributed by atoms with Crippen molar-refractivity contribution in [1.82, 2.24) is 10.2 Å². The molecule has 3 heteroatoms. The van der Waals surface area contributed by atoms with E-state index in [-0.39, 0.29) is 11.9 Å². The lowest BCUT2D eigenvalue weighted by atomic mass is 9.94. The second kappa shape index (κ2) is 6.31. The van der Waals surface area contributed by atoms with Gasteiger partial charge in [-0.2, -0.15) is 0 Å². The molecular weight excluding hydrogens is 239 g/mol. The molecule has 2 nitrogen and oxygen atoms in total. The topological polar surface area (TPSA) is 15.3 Å². The van der Waals surface area contributed by atoms with Crippen LogP contribution in [0.3, 0.4) is 0 Å². The summed E-state index contributed by atoms with van der Waals surface area (Å²) in [6, 6.07) is 5.34. The predicted octanol–water partition coefficient (Wildman–Crippen LogP) is 3.05. The molecule has 1 fully saturated rings. The fourth-order valence-corrected chi connectivity index (χ4v) is 2.73. The molecule has 1 N–H and O–H groups in total. The zero-order valence-electron chi connectivity index (χ0n) is 11.9. The van der Waals surface area contributed by atoms with Crippen LogP contribution in [0.15, 0.2) is 30.4 Å². The molecule has 1 saturated heterocycles. The van der Waals surface area contributed by atoms with E-state index in [0.717, 1.165) is 49.3 Å². The maximum absolute atomic E-state index is 13.6. The second-order valence-electron chi connectivity index (χ2n) is 5.46. The summed E-state index contributed by atoms with van der Waals surface area (Å²) in [6.45, 7) is 12.2. The van der Waals surface area contributed by atoms with Crippen LogP contribution in [0.4, 0.5) is 4.39 Å². The minimum Gasteiger partial charge on any atom is -0.314 e. The number of hydrogen-bond acceptors (Lipinski definition) is 2. The highest BCUT2D eigenvalue weighted by atomic mass is 19.1. The van der Waals surface area contributed by atoms with E-state index in [9.17, 15) is 4.39 Å². The molecule has 2 rings (SSSR count). The summed E-state index contributed by atoms with van der Waals surface area (Å²) in [6.07, 6.45) is 0.893. The van der Waals surface area contributed by atoms with Gasteiger partial charge in [-0.05, 0) is 43.5 Å². The largest absolute Gasteiger partial charge is 0.314 e. The molecule has 1 aliphatic heterocycles. The maximum atomic E-state index is 13.6. The number of benzene rings is 1. The highest BCUT2D eigenvalue weighted by Gasteiger charge is 2.23. The van der Waals surface area contributed by atoms with Crippen LogP contribution in [0.2, 0.25) is 0 Å². The Morgan fingerprint density at radius 1 is 1.42 bits per heavy atom. The van der Waals surface area contributed by atoms with E-state index in [4.69, 9.17) is 0 Å². The molecule has 0 aromatic heterocycles. The number of nitrogens with one attached hydrogen (secondary N) is 1. The van der Waals surface area contributed by atoms with Crippen molar-refractivity contribution in [3.63, 3.8) is 0 Å². The summed E-state index contributed by atoms with van der Waals surface area (Å²) in [5.74, 6) is -0.151. The lowest BCUT2D eigenvalue weighted by Crippen LogP contribution is -2.45. The molecule has 0 spiro atoms. The summed E-state index contributed by atoms with van der Waals surface area (Å²) in [5, 5.41) is 3.36. The van der Waals surface area contributed by atoms with Gasteiger partial charge < -0.3 is 5.32 Å². The first kappa shape index (κ1) is 14.2. The highest BCUT2D eigenvalue weighted by Crippen LogP contribution is 2.30. The molecule has 0 aliphatic carbocycles. The van der Waals surface area contributed by atoms with Gasteiger partial charge in [0.25, 0.3) is 0 Å². The van der Waals surface area contributed by atoms with E-state index >= 15 is 0 Å². The fraction of sp³-hybridized carbons (Fsp3) is 0.500. The predicted molar refractivity (Wildman–Crippen MR) is 77.8 cm³/mol. The van der Waals surface area contributed by atoms with E-state index in [1.807, 2.05) is 13.0 Å². The second-order valence-corrected chi connectivity index (χ2v) is 5.46. The average molecular weight is 262 g/mol. The van der Waals surface area contributed by atoms with Gasteiger partial charge in [-0.25, -0.2) is 4.39 Å². The van der Waals surface area contributed by atoms with Crippen LogP contribution in [0, 0.1) is 12.7 Å². The van der Waals surface area contributed by atoms with Crippen molar-refractivity contribution in [3.05, 3.63) is 47.3 Å². The van der Waals surface area contributed by atoms with E-state index < -0.39 is 0 Å². The third-order valence-corrected chi connectivity index (χ3v) is 3.73. The van der Waals surface area contributed by atoms with Crippen LogP contribution in [0.5, 0.6) is 0 Å². The lowest BCUT2D eigenvalue weighted by Gasteiger charge is -2.36. The van der Waals surface area contributed by atoms with Crippen LogP contribution in [0.1, 0.15) is 30.5 Å². The van der Waals surface area contributed by atoms with E-state index in [1.165, 1.54) is 6.07 Å². The smallest absolute Gasteiger partial charge is 0.123 e. The molecular formula is C16H23FN2. The Bertz CT molecular complexity index is 450. The standard InChI is InChI=1S/C16H23FN2/c1-12(2)10-16(19-8-6-18-7-9-19)15-11-14(17)5-4-13(15)3/h4-5,11,16,18H,1,6-10H2,2-3H3/t16-/m0/s1. The first-order valence-electron chi connectivity index (χ1n) is 6.93. The van der Waals surface area contributed by atoms with Gasteiger partial charge in [0.05, 0.1) is 0 Å². The van der Waals surface area contributed by atoms with Gasteiger partial charge >= 0.3 is 0 Å². The summed E-state index contributed by atoms with van der Waals surface area (Å²) in [4.78, 5) is 2.44. The summed E-state index contributed by atoms with van der Waals surface area (Å²) in [5.41, 5.74) is 3.41. The summed E-state index contributed by atoms with van der Waals surface area (Å²) < 4.78 is 13.6. The van der Waals surface area contributed by atoms with E-state index in [0.29, 0.717) is 0 Å². The Kier molecular flexibility index (Phi) is 4.72. The highest BCUT2D eigenvalue weighted by molar-refractivity contribution is 5.30. The Morgan fingerprint density at radius 3 is 2.74 bits per heavy atom. The average Bonchev–Trinajstić information content (AvgIpc) is 2.40. The van der Waals surface area contributed by atoms with E-state index in [2.05, 4.69) is 23.7 Å². The molecule has 0 amide bonds. The SMILES string of the molecule is C=C(C)C[C@@H](c1cc(F)ccc1C)N1CCNCC1.